The maximum Gasteiger partial charge on any atom is 0.152 e. The first-order valence-electron chi connectivity index (χ1n) is 3.87. The summed E-state index contributed by atoms with van der Waals surface area (Å²) in [5, 5.41) is 9.22. The van der Waals surface area contributed by atoms with Gasteiger partial charge in [-0.05, 0) is 25.1 Å². The molecule has 3 heteroatoms. The first-order chi connectivity index (χ1) is 6.11. The van der Waals surface area contributed by atoms with Crippen molar-refractivity contribution in [3.63, 3.8) is 0 Å². The van der Waals surface area contributed by atoms with Crippen LogP contribution >= 0.6 is 0 Å². The summed E-state index contributed by atoms with van der Waals surface area (Å²) in [7, 11) is 0. The number of ketones is 1. The number of benzene rings is 1. The van der Waals surface area contributed by atoms with Gasteiger partial charge < -0.3 is 10.8 Å². The first kappa shape index (κ1) is 9.32. The van der Waals surface area contributed by atoms with E-state index in [-0.39, 0.29) is 11.5 Å². The van der Waals surface area contributed by atoms with E-state index in [1.165, 1.54) is 19.1 Å². The van der Waals surface area contributed by atoms with E-state index in [1.54, 1.807) is 18.2 Å². The highest BCUT2D eigenvalue weighted by atomic mass is 16.3. The summed E-state index contributed by atoms with van der Waals surface area (Å²) in [6.45, 7) is 1.45. The van der Waals surface area contributed by atoms with E-state index in [9.17, 15) is 9.90 Å². The van der Waals surface area contributed by atoms with E-state index < -0.39 is 0 Å². The molecule has 0 aliphatic heterocycles. The monoisotopic (exact) mass is 177 g/mol. The molecular weight excluding hydrogens is 166 g/mol. The molecule has 0 spiro atoms. The van der Waals surface area contributed by atoms with Gasteiger partial charge in [0.05, 0.1) is 5.69 Å². The number of allylic oxidation sites excluding steroid dienone is 1. The predicted molar refractivity (Wildman–Crippen MR) is 52.2 cm³/mol. The lowest BCUT2D eigenvalue weighted by molar-refractivity contribution is -0.112. The molecule has 0 heterocycles. The van der Waals surface area contributed by atoms with Crippen LogP contribution in [-0.2, 0) is 4.79 Å². The van der Waals surface area contributed by atoms with Crippen LogP contribution < -0.4 is 5.73 Å². The SMILES string of the molecule is CC(=O)/C=C/c1cccc(O)c1N. The third-order valence-electron chi connectivity index (χ3n) is 1.61. The molecule has 0 saturated heterocycles. The summed E-state index contributed by atoms with van der Waals surface area (Å²) < 4.78 is 0. The standard InChI is InChI=1S/C10H11NO2/c1-7(12)5-6-8-3-2-4-9(13)10(8)11/h2-6,13H,11H2,1H3/b6-5+. The number of phenolic OH excluding ortho intramolecular Hbond substituents is 1. The largest absolute Gasteiger partial charge is 0.506 e. The summed E-state index contributed by atoms with van der Waals surface area (Å²) in [4.78, 5) is 10.6. The molecule has 0 amide bonds. The molecule has 0 aromatic heterocycles. The lowest BCUT2D eigenvalue weighted by Gasteiger charge is -2.01. The van der Waals surface area contributed by atoms with Crippen molar-refractivity contribution in [2.45, 2.75) is 6.92 Å². The van der Waals surface area contributed by atoms with Crippen LogP contribution in [-0.4, -0.2) is 10.9 Å². The van der Waals surface area contributed by atoms with Gasteiger partial charge in [-0.3, -0.25) is 4.79 Å². The normalized spacial score (nSPS) is 10.5. The number of rotatable bonds is 2. The molecule has 0 aliphatic carbocycles. The molecule has 0 aliphatic rings. The second-order valence-corrected chi connectivity index (χ2v) is 2.72. The number of carbonyl (C=O) groups is 1. The highest BCUT2D eigenvalue weighted by molar-refractivity contribution is 5.92. The van der Waals surface area contributed by atoms with Gasteiger partial charge in [-0.25, -0.2) is 0 Å². The Bertz CT molecular complexity index is 356. The van der Waals surface area contributed by atoms with Gasteiger partial charge >= 0.3 is 0 Å². The number of hydrogen-bond donors (Lipinski definition) is 2. The Morgan fingerprint density at radius 1 is 1.54 bits per heavy atom. The van der Waals surface area contributed by atoms with Crippen molar-refractivity contribution >= 4 is 17.5 Å². The van der Waals surface area contributed by atoms with E-state index in [0.717, 1.165) is 0 Å². The van der Waals surface area contributed by atoms with E-state index in [1.807, 2.05) is 0 Å². The third kappa shape index (κ3) is 2.33. The fraction of sp³-hybridized carbons (Fsp3) is 0.100. The number of anilines is 1. The van der Waals surface area contributed by atoms with Crippen molar-refractivity contribution in [1.29, 1.82) is 0 Å². The Hall–Kier alpha value is -1.77. The van der Waals surface area contributed by atoms with Gasteiger partial charge in [0.15, 0.2) is 5.78 Å². The maximum atomic E-state index is 10.6. The summed E-state index contributed by atoms with van der Waals surface area (Å²) in [6.07, 6.45) is 2.99. The lowest BCUT2D eigenvalue weighted by atomic mass is 10.1. The molecule has 0 unspecified atom stereocenters. The van der Waals surface area contributed by atoms with Gasteiger partial charge in [-0.2, -0.15) is 0 Å². The molecule has 68 valence electrons. The van der Waals surface area contributed by atoms with Crippen LogP contribution in [0.3, 0.4) is 0 Å². The average Bonchev–Trinajstić information content (AvgIpc) is 2.07. The Kier molecular flexibility index (Phi) is 2.69. The zero-order chi connectivity index (χ0) is 9.84. The molecule has 3 nitrogen and oxygen atoms in total. The summed E-state index contributed by atoms with van der Waals surface area (Å²) in [5.74, 6) is -0.0200. The molecule has 0 bridgehead atoms. The Balaban J connectivity index is 3.02. The minimum absolute atomic E-state index is 0.0331. The van der Waals surface area contributed by atoms with Gasteiger partial charge in [0.1, 0.15) is 5.75 Å². The Labute approximate surface area is 76.5 Å². The van der Waals surface area contributed by atoms with Gasteiger partial charge in [0.2, 0.25) is 0 Å². The molecule has 1 aromatic rings. The fourth-order valence-electron chi connectivity index (χ4n) is 0.923. The van der Waals surface area contributed by atoms with Gasteiger partial charge in [0, 0.05) is 5.56 Å². The van der Waals surface area contributed by atoms with Crippen molar-refractivity contribution in [1.82, 2.24) is 0 Å². The molecule has 13 heavy (non-hydrogen) atoms. The molecule has 0 atom stereocenters. The van der Waals surface area contributed by atoms with Crippen molar-refractivity contribution in [3.8, 4) is 5.75 Å². The lowest BCUT2D eigenvalue weighted by Crippen LogP contribution is -1.90. The van der Waals surface area contributed by atoms with Crippen molar-refractivity contribution < 1.29 is 9.90 Å². The van der Waals surface area contributed by atoms with Crippen LogP contribution in [0.5, 0.6) is 5.75 Å². The second-order valence-electron chi connectivity index (χ2n) is 2.72. The quantitative estimate of drug-likeness (QED) is 0.409. The van der Waals surface area contributed by atoms with E-state index >= 15 is 0 Å². The number of phenols is 1. The number of nitrogen functional groups attached to an aromatic ring is 1. The van der Waals surface area contributed by atoms with Gasteiger partial charge in [0.25, 0.3) is 0 Å². The Morgan fingerprint density at radius 2 is 2.23 bits per heavy atom. The number of aromatic hydroxyl groups is 1. The van der Waals surface area contributed by atoms with Crippen LogP contribution in [0.1, 0.15) is 12.5 Å². The van der Waals surface area contributed by atoms with E-state index in [2.05, 4.69) is 0 Å². The summed E-state index contributed by atoms with van der Waals surface area (Å²) >= 11 is 0. The minimum atomic E-state index is -0.0530. The fourth-order valence-corrected chi connectivity index (χ4v) is 0.923. The molecule has 0 fully saturated rings. The predicted octanol–water partition coefficient (Wildman–Crippen LogP) is 1.58. The van der Waals surface area contributed by atoms with Crippen LogP contribution in [0, 0.1) is 0 Å². The van der Waals surface area contributed by atoms with Crippen LogP contribution in [0.15, 0.2) is 24.3 Å². The van der Waals surface area contributed by atoms with Crippen LogP contribution in [0.4, 0.5) is 5.69 Å². The molecule has 3 N–H and O–H groups in total. The van der Waals surface area contributed by atoms with Gasteiger partial charge in [-0.1, -0.05) is 12.1 Å². The molecule has 0 saturated carbocycles. The smallest absolute Gasteiger partial charge is 0.152 e. The number of nitrogens with two attached hydrogens (primary N) is 1. The van der Waals surface area contributed by atoms with E-state index in [0.29, 0.717) is 11.3 Å². The maximum absolute atomic E-state index is 10.6. The zero-order valence-corrected chi connectivity index (χ0v) is 7.32. The molecular formula is C10H11NO2. The second kappa shape index (κ2) is 3.76. The van der Waals surface area contributed by atoms with Crippen LogP contribution in [0.2, 0.25) is 0 Å². The van der Waals surface area contributed by atoms with Crippen molar-refractivity contribution in [3.05, 3.63) is 29.8 Å². The molecule has 0 radical (unpaired) electrons. The third-order valence-corrected chi connectivity index (χ3v) is 1.61. The topological polar surface area (TPSA) is 63.3 Å². The zero-order valence-electron chi connectivity index (χ0n) is 7.32. The molecule has 1 aromatic carbocycles. The minimum Gasteiger partial charge on any atom is -0.506 e. The summed E-state index contributed by atoms with van der Waals surface area (Å²) in [5.41, 5.74) is 6.50. The number of hydrogen-bond acceptors (Lipinski definition) is 3. The van der Waals surface area contributed by atoms with Crippen molar-refractivity contribution in [2.75, 3.05) is 5.73 Å². The first-order valence-corrected chi connectivity index (χ1v) is 3.87. The number of para-hydroxylation sites is 1. The highest BCUT2D eigenvalue weighted by Gasteiger charge is 1.99. The highest BCUT2D eigenvalue weighted by Crippen LogP contribution is 2.24. The van der Waals surface area contributed by atoms with E-state index in [4.69, 9.17) is 5.73 Å². The van der Waals surface area contributed by atoms with Crippen molar-refractivity contribution in [2.24, 2.45) is 0 Å². The number of carbonyl (C=O) groups excluding carboxylic acids is 1. The van der Waals surface area contributed by atoms with Gasteiger partial charge in [-0.15, -0.1) is 0 Å². The van der Waals surface area contributed by atoms with Crippen LogP contribution in [0.25, 0.3) is 6.08 Å². The molecule has 1 rings (SSSR count). The average molecular weight is 177 g/mol. The summed E-state index contributed by atoms with van der Waals surface area (Å²) in [6, 6.07) is 4.90. The Morgan fingerprint density at radius 3 is 2.85 bits per heavy atom.